The molecule has 1 aromatic carbocycles. The zero-order valence-corrected chi connectivity index (χ0v) is 14.1. The van der Waals surface area contributed by atoms with Gasteiger partial charge < -0.3 is 10.6 Å². The average Bonchev–Trinajstić information content (AvgIpc) is 2.89. The van der Waals surface area contributed by atoms with Crippen LogP contribution in [0.2, 0.25) is 0 Å². The summed E-state index contributed by atoms with van der Waals surface area (Å²) in [5.74, 6) is 0.825. The minimum absolute atomic E-state index is 0. The number of carbonyl (C=O) groups excluding carboxylic acids is 1. The highest BCUT2D eigenvalue weighted by Crippen LogP contribution is 2.19. The first-order valence-corrected chi connectivity index (χ1v) is 7.70. The molecule has 2 atom stereocenters. The van der Waals surface area contributed by atoms with Gasteiger partial charge in [-0.25, -0.2) is 0 Å². The first kappa shape index (κ1) is 17.5. The predicted octanol–water partition coefficient (Wildman–Crippen LogP) is 3.44. The number of hydrogen-bond acceptors (Lipinski definition) is 2. The minimum atomic E-state index is 0. The van der Waals surface area contributed by atoms with E-state index in [1.807, 2.05) is 31.2 Å². The summed E-state index contributed by atoms with van der Waals surface area (Å²) in [4.78, 5) is 11.9. The predicted molar refractivity (Wildman–Crippen MR) is 88.2 cm³/mol. The van der Waals surface area contributed by atoms with Gasteiger partial charge in [0, 0.05) is 10.9 Å². The van der Waals surface area contributed by atoms with Crippen molar-refractivity contribution in [3.8, 4) is 0 Å². The minimum Gasteiger partial charge on any atom is -0.350 e. The van der Waals surface area contributed by atoms with Crippen LogP contribution in [0.25, 0.3) is 0 Å². The molecule has 1 aliphatic heterocycles. The maximum Gasteiger partial charge on any atom is 0.220 e. The second kappa shape index (κ2) is 8.65. The fraction of sp³-hybridized carbons (Fsp3) is 0.533. The van der Waals surface area contributed by atoms with E-state index in [2.05, 4.69) is 26.6 Å². The number of hydrogen-bond donors (Lipinski definition) is 2. The van der Waals surface area contributed by atoms with Crippen LogP contribution in [-0.4, -0.2) is 19.0 Å². The third kappa shape index (κ3) is 5.43. The monoisotopic (exact) mass is 360 g/mol. The van der Waals surface area contributed by atoms with E-state index in [1.165, 1.54) is 6.42 Å². The molecule has 1 aliphatic rings. The highest BCUT2D eigenvalue weighted by Gasteiger charge is 2.16. The van der Waals surface area contributed by atoms with Crippen LogP contribution in [0.4, 0.5) is 0 Å². The van der Waals surface area contributed by atoms with Gasteiger partial charge in [-0.1, -0.05) is 28.1 Å². The number of benzene rings is 1. The van der Waals surface area contributed by atoms with Gasteiger partial charge in [0.1, 0.15) is 0 Å². The molecule has 20 heavy (non-hydrogen) atoms. The van der Waals surface area contributed by atoms with Crippen molar-refractivity contribution >= 4 is 34.2 Å². The Bertz CT molecular complexity index is 436. The summed E-state index contributed by atoms with van der Waals surface area (Å²) < 4.78 is 1.04. The van der Waals surface area contributed by atoms with Gasteiger partial charge in [0.2, 0.25) is 5.91 Å². The normalized spacial score (nSPS) is 19.2. The SMILES string of the molecule is CC(NC(=O)CCC1CCNC1)c1cccc(Br)c1.Cl. The molecular weight excluding hydrogens is 340 g/mol. The molecule has 0 aliphatic carbocycles. The molecular formula is C15H22BrClN2O. The van der Waals surface area contributed by atoms with Crippen molar-refractivity contribution in [1.82, 2.24) is 10.6 Å². The van der Waals surface area contributed by atoms with E-state index in [0.29, 0.717) is 12.3 Å². The third-order valence-electron chi connectivity index (χ3n) is 3.67. The molecule has 2 unspecified atom stereocenters. The molecule has 0 aromatic heterocycles. The highest BCUT2D eigenvalue weighted by molar-refractivity contribution is 9.10. The maximum atomic E-state index is 11.9. The van der Waals surface area contributed by atoms with E-state index in [4.69, 9.17) is 0 Å². The molecule has 0 spiro atoms. The van der Waals surface area contributed by atoms with E-state index in [9.17, 15) is 4.79 Å². The second-order valence-corrected chi connectivity index (χ2v) is 6.16. The van der Waals surface area contributed by atoms with Gasteiger partial charge in [0.05, 0.1) is 6.04 Å². The average molecular weight is 362 g/mol. The van der Waals surface area contributed by atoms with Crippen LogP contribution in [0.15, 0.2) is 28.7 Å². The van der Waals surface area contributed by atoms with Gasteiger partial charge in [-0.05, 0) is 56.5 Å². The zero-order valence-electron chi connectivity index (χ0n) is 11.7. The van der Waals surface area contributed by atoms with Crippen molar-refractivity contribution in [3.63, 3.8) is 0 Å². The van der Waals surface area contributed by atoms with Crippen LogP contribution in [0.1, 0.15) is 37.8 Å². The van der Waals surface area contributed by atoms with Crippen LogP contribution >= 0.6 is 28.3 Å². The van der Waals surface area contributed by atoms with Gasteiger partial charge in [0.15, 0.2) is 0 Å². The summed E-state index contributed by atoms with van der Waals surface area (Å²) in [7, 11) is 0. The van der Waals surface area contributed by atoms with Crippen LogP contribution in [0, 0.1) is 5.92 Å². The molecule has 3 nitrogen and oxygen atoms in total. The molecule has 2 rings (SSSR count). The molecule has 1 aromatic rings. The Hall–Kier alpha value is -0.580. The molecule has 112 valence electrons. The van der Waals surface area contributed by atoms with Crippen molar-refractivity contribution in [3.05, 3.63) is 34.3 Å². The Morgan fingerprint density at radius 3 is 3.00 bits per heavy atom. The van der Waals surface area contributed by atoms with Crippen LogP contribution in [0.3, 0.4) is 0 Å². The lowest BCUT2D eigenvalue weighted by atomic mass is 10.0. The molecule has 5 heteroatoms. The second-order valence-electron chi connectivity index (χ2n) is 5.24. The van der Waals surface area contributed by atoms with Crippen LogP contribution < -0.4 is 10.6 Å². The van der Waals surface area contributed by atoms with Crippen LogP contribution in [-0.2, 0) is 4.79 Å². The first-order valence-electron chi connectivity index (χ1n) is 6.90. The van der Waals surface area contributed by atoms with E-state index in [0.717, 1.165) is 29.5 Å². The van der Waals surface area contributed by atoms with Crippen molar-refractivity contribution in [2.45, 2.75) is 32.2 Å². The third-order valence-corrected chi connectivity index (χ3v) is 4.16. The Labute approximate surface area is 135 Å². The first-order chi connectivity index (χ1) is 9.15. The van der Waals surface area contributed by atoms with Crippen molar-refractivity contribution < 1.29 is 4.79 Å². The summed E-state index contributed by atoms with van der Waals surface area (Å²) in [5.41, 5.74) is 1.13. The Kier molecular flexibility index (Phi) is 7.56. The van der Waals surface area contributed by atoms with E-state index in [-0.39, 0.29) is 24.4 Å². The van der Waals surface area contributed by atoms with Gasteiger partial charge in [-0.15, -0.1) is 12.4 Å². The smallest absolute Gasteiger partial charge is 0.220 e. The molecule has 1 saturated heterocycles. The summed E-state index contributed by atoms with van der Waals surface area (Å²) >= 11 is 3.45. The maximum absolute atomic E-state index is 11.9. The molecule has 1 fully saturated rings. The number of rotatable bonds is 5. The standard InChI is InChI=1S/C15H21BrN2O.ClH/c1-11(13-3-2-4-14(16)9-13)18-15(19)6-5-12-7-8-17-10-12;/h2-4,9,11-12,17H,5-8,10H2,1H3,(H,18,19);1H. The van der Waals surface area contributed by atoms with Crippen molar-refractivity contribution in [1.29, 1.82) is 0 Å². The van der Waals surface area contributed by atoms with E-state index in [1.54, 1.807) is 0 Å². The molecule has 2 N–H and O–H groups in total. The van der Waals surface area contributed by atoms with Gasteiger partial charge in [-0.3, -0.25) is 4.79 Å². The fourth-order valence-electron chi connectivity index (χ4n) is 2.47. The zero-order chi connectivity index (χ0) is 13.7. The summed E-state index contributed by atoms with van der Waals surface area (Å²) in [6, 6.07) is 8.13. The van der Waals surface area contributed by atoms with Crippen LogP contribution in [0.5, 0.6) is 0 Å². The van der Waals surface area contributed by atoms with E-state index < -0.39 is 0 Å². The summed E-state index contributed by atoms with van der Waals surface area (Å²) in [6.45, 7) is 4.19. The number of amides is 1. The van der Waals surface area contributed by atoms with Gasteiger partial charge >= 0.3 is 0 Å². The number of carbonyl (C=O) groups is 1. The van der Waals surface area contributed by atoms with E-state index >= 15 is 0 Å². The lowest BCUT2D eigenvalue weighted by Gasteiger charge is -2.15. The highest BCUT2D eigenvalue weighted by atomic mass is 79.9. The summed E-state index contributed by atoms with van der Waals surface area (Å²) in [5, 5.41) is 6.40. The fourth-order valence-corrected chi connectivity index (χ4v) is 2.89. The van der Waals surface area contributed by atoms with Crippen molar-refractivity contribution in [2.75, 3.05) is 13.1 Å². The van der Waals surface area contributed by atoms with Gasteiger partial charge in [-0.2, -0.15) is 0 Å². The Morgan fingerprint density at radius 1 is 1.55 bits per heavy atom. The lowest BCUT2D eigenvalue weighted by Crippen LogP contribution is -2.27. The molecule has 1 amide bonds. The molecule has 0 bridgehead atoms. The molecule has 1 heterocycles. The van der Waals surface area contributed by atoms with Gasteiger partial charge in [0.25, 0.3) is 0 Å². The lowest BCUT2D eigenvalue weighted by molar-refractivity contribution is -0.122. The quantitative estimate of drug-likeness (QED) is 0.843. The molecule has 0 saturated carbocycles. The Morgan fingerprint density at radius 2 is 2.35 bits per heavy atom. The van der Waals surface area contributed by atoms with Crippen molar-refractivity contribution in [2.24, 2.45) is 5.92 Å². The summed E-state index contributed by atoms with van der Waals surface area (Å²) in [6.07, 6.45) is 2.82. The number of halogens is 2. The Balaban J connectivity index is 0.00000200. The molecule has 0 radical (unpaired) electrons. The topological polar surface area (TPSA) is 41.1 Å². The number of nitrogens with one attached hydrogen (secondary N) is 2. The largest absolute Gasteiger partial charge is 0.350 e.